The van der Waals surface area contributed by atoms with Crippen LogP contribution >= 0.6 is 0 Å². The average molecular weight is 130 g/mol. The van der Waals surface area contributed by atoms with Crippen molar-refractivity contribution < 1.29 is 14.6 Å². The van der Waals surface area contributed by atoms with Gasteiger partial charge in [0.15, 0.2) is 0 Å². The third kappa shape index (κ3) is 3.88. The molecule has 0 radical (unpaired) electrons. The first-order valence-electron chi connectivity index (χ1n) is 2.60. The topological polar surface area (TPSA) is 46.5 Å². The summed E-state index contributed by atoms with van der Waals surface area (Å²) in [5, 5.41) is 8.46. The van der Waals surface area contributed by atoms with Gasteiger partial charge in [-0.25, -0.2) is 0 Å². The van der Waals surface area contributed by atoms with Crippen LogP contribution in [0.2, 0.25) is 0 Å². The van der Waals surface area contributed by atoms with Crippen molar-refractivity contribution in [1.82, 2.24) is 0 Å². The number of hydrogen-bond acceptors (Lipinski definition) is 3. The minimum absolute atomic E-state index is 0.0964. The van der Waals surface area contributed by atoms with Crippen LogP contribution in [0, 0.1) is 0 Å². The van der Waals surface area contributed by atoms with E-state index in [1.807, 2.05) is 0 Å². The molecular formula is C6H10O3. The zero-order valence-corrected chi connectivity index (χ0v) is 5.28. The van der Waals surface area contributed by atoms with Gasteiger partial charge in [-0.2, -0.15) is 0 Å². The molecule has 3 nitrogen and oxygen atoms in total. The van der Waals surface area contributed by atoms with Gasteiger partial charge in [0.25, 0.3) is 0 Å². The second kappa shape index (κ2) is 5.47. The summed E-state index contributed by atoms with van der Waals surface area (Å²) in [5.41, 5.74) is 0. The molecule has 0 aromatic heterocycles. The number of aliphatic hydroxyl groups is 1. The number of ether oxygens (including phenoxy) is 1. The average Bonchev–Trinajstić information content (AvgIpc) is 1.91. The molecule has 0 aromatic rings. The van der Waals surface area contributed by atoms with E-state index in [-0.39, 0.29) is 12.7 Å². The molecule has 1 atom stereocenters. The van der Waals surface area contributed by atoms with Gasteiger partial charge in [-0.1, -0.05) is 6.08 Å². The molecule has 0 heterocycles. The zero-order valence-electron chi connectivity index (χ0n) is 5.28. The number of carbonyl (C=O) groups is 1. The van der Waals surface area contributed by atoms with Gasteiger partial charge < -0.3 is 9.84 Å². The van der Waals surface area contributed by atoms with Gasteiger partial charge in [-0.15, -0.1) is 0 Å². The second-order valence-electron chi connectivity index (χ2n) is 1.48. The fraction of sp³-hybridized carbons (Fsp3) is 0.500. The fourth-order valence-corrected chi connectivity index (χ4v) is 0.383. The first-order chi connectivity index (χ1) is 4.35. The van der Waals surface area contributed by atoms with Gasteiger partial charge in [-0.3, -0.25) is 4.79 Å². The van der Waals surface area contributed by atoms with Crippen molar-refractivity contribution >= 4 is 6.29 Å². The van der Waals surface area contributed by atoms with Crippen molar-refractivity contribution in [2.75, 3.05) is 13.7 Å². The number of aliphatic hydroxyl groups excluding tert-OH is 1. The van der Waals surface area contributed by atoms with Crippen molar-refractivity contribution in [3.05, 3.63) is 12.2 Å². The maximum Gasteiger partial charge on any atom is 0.142 e. The van der Waals surface area contributed by atoms with E-state index in [0.29, 0.717) is 6.29 Å². The quantitative estimate of drug-likeness (QED) is 0.421. The Morgan fingerprint density at radius 3 is 2.78 bits per heavy atom. The van der Waals surface area contributed by atoms with Crippen molar-refractivity contribution in [3.8, 4) is 0 Å². The summed E-state index contributed by atoms with van der Waals surface area (Å²) >= 11 is 0. The highest BCUT2D eigenvalue weighted by Crippen LogP contribution is 1.88. The van der Waals surface area contributed by atoms with Crippen LogP contribution in [0.4, 0.5) is 0 Å². The minimum atomic E-state index is -0.352. The van der Waals surface area contributed by atoms with Gasteiger partial charge in [0.1, 0.15) is 6.29 Å². The van der Waals surface area contributed by atoms with E-state index in [0.717, 1.165) is 0 Å². The van der Waals surface area contributed by atoms with Crippen LogP contribution in [0.5, 0.6) is 0 Å². The molecule has 9 heavy (non-hydrogen) atoms. The minimum Gasteiger partial charge on any atom is -0.393 e. The molecule has 1 N–H and O–H groups in total. The first kappa shape index (κ1) is 8.33. The van der Waals surface area contributed by atoms with Gasteiger partial charge in [0.05, 0.1) is 12.7 Å². The van der Waals surface area contributed by atoms with Crippen LogP contribution in [-0.4, -0.2) is 31.2 Å². The Hall–Kier alpha value is -0.670. The maximum absolute atomic E-state index is 9.72. The second-order valence-corrected chi connectivity index (χ2v) is 1.48. The number of allylic oxidation sites excluding steroid dienone is 1. The van der Waals surface area contributed by atoms with Crippen LogP contribution in [0.1, 0.15) is 0 Å². The summed E-state index contributed by atoms with van der Waals surface area (Å²) in [6.45, 7) is -0.0964. The number of carbonyl (C=O) groups excluding carboxylic acids is 1. The van der Waals surface area contributed by atoms with Crippen LogP contribution in [0.15, 0.2) is 12.2 Å². The third-order valence-electron chi connectivity index (χ3n) is 0.887. The highest BCUT2D eigenvalue weighted by Gasteiger charge is 1.96. The summed E-state index contributed by atoms with van der Waals surface area (Å²) in [6.07, 6.45) is 3.08. The molecule has 1 unspecified atom stereocenters. The SMILES string of the molecule is COC(/C=C/C=O)CO. The number of methoxy groups -OCH3 is 1. The van der Waals surface area contributed by atoms with Crippen molar-refractivity contribution in [2.24, 2.45) is 0 Å². The van der Waals surface area contributed by atoms with Gasteiger partial charge in [0, 0.05) is 7.11 Å². The lowest BCUT2D eigenvalue weighted by Gasteiger charge is -2.03. The van der Waals surface area contributed by atoms with Crippen molar-refractivity contribution in [3.63, 3.8) is 0 Å². The molecule has 52 valence electrons. The van der Waals surface area contributed by atoms with E-state index in [4.69, 9.17) is 9.84 Å². The fourth-order valence-electron chi connectivity index (χ4n) is 0.383. The zero-order chi connectivity index (χ0) is 7.11. The lowest BCUT2D eigenvalue weighted by molar-refractivity contribution is -0.104. The molecule has 0 aliphatic rings. The predicted octanol–water partition coefficient (Wildman–Crippen LogP) is -0.251. The summed E-state index contributed by atoms with van der Waals surface area (Å²) in [7, 11) is 1.47. The van der Waals surface area contributed by atoms with E-state index in [9.17, 15) is 4.79 Å². The molecule has 0 aliphatic carbocycles. The molecular weight excluding hydrogens is 120 g/mol. The molecule has 0 aliphatic heterocycles. The Kier molecular flexibility index (Phi) is 5.06. The van der Waals surface area contributed by atoms with E-state index in [1.165, 1.54) is 19.3 Å². The van der Waals surface area contributed by atoms with Gasteiger partial charge in [-0.05, 0) is 6.08 Å². The monoisotopic (exact) mass is 130 g/mol. The Balaban J connectivity index is 3.53. The predicted molar refractivity (Wildman–Crippen MR) is 33.1 cm³/mol. The first-order valence-corrected chi connectivity index (χ1v) is 2.60. The lowest BCUT2D eigenvalue weighted by Crippen LogP contribution is -2.11. The summed E-state index contributed by atoms with van der Waals surface area (Å²) in [4.78, 5) is 9.72. The summed E-state index contributed by atoms with van der Waals surface area (Å²) < 4.78 is 4.71. The summed E-state index contributed by atoms with van der Waals surface area (Å²) in [5.74, 6) is 0. The Morgan fingerprint density at radius 2 is 2.44 bits per heavy atom. The molecule has 0 saturated heterocycles. The molecule has 0 rings (SSSR count). The summed E-state index contributed by atoms with van der Waals surface area (Å²) in [6, 6.07) is 0. The van der Waals surface area contributed by atoms with Crippen LogP contribution < -0.4 is 0 Å². The molecule has 0 bridgehead atoms. The Bertz CT molecular complexity index is 94.5. The lowest BCUT2D eigenvalue weighted by atomic mass is 10.3. The molecule has 0 fully saturated rings. The van der Waals surface area contributed by atoms with Gasteiger partial charge >= 0.3 is 0 Å². The van der Waals surface area contributed by atoms with E-state index in [2.05, 4.69) is 0 Å². The van der Waals surface area contributed by atoms with Gasteiger partial charge in [0.2, 0.25) is 0 Å². The van der Waals surface area contributed by atoms with E-state index < -0.39 is 0 Å². The molecule has 0 amide bonds. The standard InChI is InChI=1S/C6H10O3/c1-9-6(5-8)3-2-4-7/h2-4,6,8H,5H2,1H3/b3-2+. The third-order valence-corrected chi connectivity index (χ3v) is 0.887. The molecule has 0 saturated carbocycles. The highest BCUT2D eigenvalue weighted by atomic mass is 16.5. The smallest absolute Gasteiger partial charge is 0.142 e. The molecule has 0 spiro atoms. The van der Waals surface area contributed by atoms with Crippen LogP contribution in [-0.2, 0) is 9.53 Å². The number of hydrogen-bond donors (Lipinski definition) is 1. The van der Waals surface area contributed by atoms with Crippen LogP contribution in [0.3, 0.4) is 0 Å². The molecule has 0 aromatic carbocycles. The number of rotatable bonds is 4. The maximum atomic E-state index is 9.72. The number of aldehydes is 1. The highest BCUT2D eigenvalue weighted by molar-refractivity contribution is 5.64. The van der Waals surface area contributed by atoms with Crippen molar-refractivity contribution in [2.45, 2.75) is 6.10 Å². The Labute approximate surface area is 53.9 Å². The van der Waals surface area contributed by atoms with E-state index in [1.54, 1.807) is 0 Å². The van der Waals surface area contributed by atoms with E-state index >= 15 is 0 Å². The largest absolute Gasteiger partial charge is 0.393 e. The molecule has 3 heteroatoms. The van der Waals surface area contributed by atoms with Crippen LogP contribution in [0.25, 0.3) is 0 Å². The van der Waals surface area contributed by atoms with Crippen molar-refractivity contribution in [1.29, 1.82) is 0 Å². The normalized spacial score (nSPS) is 14.0. The Morgan fingerprint density at radius 1 is 1.78 bits per heavy atom.